The molecule has 0 bridgehead atoms. The van der Waals surface area contributed by atoms with Crippen molar-refractivity contribution in [3.05, 3.63) is 0 Å². The Morgan fingerprint density at radius 1 is 1.38 bits per heavy atom. The van der Waals surface area contributed by atoms with Gasteiger partial charge in [-0.05, 0) is 25.6 Å². The molecule has 0 saturated carbocycles. The Morgan fingerprint density at radius 3 is 2.31 bits per heavy atom. The number of rotatable bonds is 6. The standard InChI is InChI=1S/C12H26N2OSi/c1-12(2,3)11(15-16(5)6)10-14(4)9-7-8-13/h11,16H,7,9-10H2,1-6H3. The van der Waals surface area contributed by atoms with Gasteiger partial charge in [0.2, 0.25) is 0 Å². The van der Waals surface area contributed by atoms with E-state index in [1.165, 1.54) is 0 Å². The smallest absolute Gasteiger partial charge is 0.171 e. The van der Waals surface area contributed by atoms with Crippen molar-refractivity contribution in [2.45, 2.75) is 46.4 Å². The van der Waals surface area contributed by atoms with Crippen molar-refractivity contribution in [1.29, 1.82) is 5.26 Å². The fourth-order valence-corrected chi connectivity index (χ4v) is 2.62. The van der Waals surface area contributed by atoms with Crippen LogP contribution in [-0.2, 0) is 4.43 Å². The fourth-order valence-electron chi connectivity index (χ4n) is 1.46. The Bertz CT molecular complexity index is 230. The van der Waals surface area contributed by atoms with Gasteiger partial charge in [-0.2, -0.15) is 5.26 Å². The lowest BCUT2D eigenvalue weighted by atomic mass is 9.89. The number of hydrogen-bond acceptors (Lipinski definition) is 3. The van der Waals surface area contributed by atoms with E-state index in [9.17, 15) is 0 Å². The molecule has 16 heavy (non-hydrogen) atoms. The van der Waals surface area contributed by atoms with Crippen LogP contribution in [0.4, 0.5) is 0 Å². The van der Waals surface area contributed by atoms with E-state index in [2.05, 4.69) is 51.9 Å². The van der Waals surface area contributed by atoms with Gasteiger partial charge in [-0.15, -0.1) is 0 Å². The predicted octanol–water partition coefficient (Wildman–Crippen LogP) is 2.25. The third-order valence-corrected chi connectivity index (χ3v) is 3.36. The molecule has 0 aromatic heterocycles. The molecule has 1 atom stereocenters. The van der Waals surface area contributed by atoms with Crippen LogP contribution in [0.1, 0.15) is 27.2 Å². The molecule has 94 valence electrons. The average Bonchev–Trinajstić information content (AvgIpc) is 2.11. The lowest BCUT2D eigenvalue weighted by Crippen LogP contribution is -2.42. The first-order valence-electron chi connectivity index (χ1n) is 5.98. The van der Waals surface area contributed by atoms with E-state index in [1.54, 1.807) is 0 Å². The number of nitrogens with zero attached hydrogens (tertiary/aromatic N) is 2. The second-order valence-electron chi connectivity index (χ2n) is 5.71. The molecule has 0 amide bonds. The molecule has 0 aliphatic heterocycles. The van der Waals surface area contributed by atoms with Gasteiger partial charge < -0.3 is 9.33 Å². The fraction of sp³-hybridized carbons (Fsp3) is 0.917. The summed E-state index contributed by atoms with van der Waals surface area (Å²) in [5.74, 6) is 0. The van der Waals surface area contributed by atoms with Crippen LogP contribution in [0.2, 0.25) is 13.1 Å². The lowest BCUT2D eigenvalue weighted by molar-refractivity contribution is 0.0558. The Labute approximate surface area is 102 Å². The van der Waals surface area contributed by atoms with Crippen molar-refractivity contribution in [2.75, 3.05) is 20.1 Å². The summed E-state index contributed by atoms with van der Waals surface area (Å²) in [7, 11) is 1.05. The van der Waals surface area contributed by atoms with Crippen LogP contribution in [0, 0.1) is 16.7 Å². The second kappa shape index (κ2) is 7.05. The molecule has 3 nitrogen and oxygen atoms in total. The normalized spacial score (nSPS) is 14.2. The number of hydrogen-bond donors (Lipinski definition) is 0. The van der Waals surface area contributed by atoms with Gasteiger partial charge in [0.05, 0.1) is 12.2 Å². The zero-order valence-corrected chi connectivity index (χ0v) is 12.7. The van der Waals surface area contributed by atoms with Gasteiger partial charge in [-0.25, -0.2) is 0 Å². The van der Waals surface area contributed by atoms with Crippen molar-refractivity contribution >= 4 is 9.04 Å². The first-order chi connectivity index (χ1) is 7.27. The Kier molecular flexibility index (Phi) is 6.89. The summed E-state index contributed by atoms with van der Waals surface area (Å²) in [5.41, 5.74) is 0.165. The van der Waals surface area contributed by atoms with E-state index >= 15 is 0 Å². The summed E-state index contributed by atoms with van der Waals surface area (Å²) in [6.07, 6.45) is 0.856. The molecule has 0 aromatic carbocycles. The topological polar surface area (TPSA) is 36.3 Å². The maximum Gasteiger partial charge on any atom is 0.171 e. The quantitative estimate of drug-likeness (QED) is 0.670. The molecule has 0 spiro atoms. The van der Waals surface area contributed by atoms with Gasteiger partial charge in [-0.3, -0.25) is 0 Å². The van der Waals surface area contributed by atoms with E-state index in [0.29, 0.717) is 6.42 Å². The summed E-state index contributed by atoms with van der Waals surface area (Å²) >= 11 is 0. The Morgan fingerprint density at radius 2 is 1.94 bits per heavy atom. The molecule has 0 aromatic rings. The summed E-state index contributed by atoms with van der Waals surface area (Å²) < 4.78 is 6.08. The van der Waals surface area contributed by atoms with Gasteiger partial charge in [0, 0.05) is 19.5 Å². The molecule has 0 saturated heterocycles. The van der Waals surface area contributed by atoms with Crippen LogP contribution in [-0.4, -0.2) is 40.2 Å². The summed E-state index contributed by atoms with van der Waals surface area (Å²) in [4.78, 5) is 2.19. The van der Waals surface area contributed by atoms with Gasteiger partial charge in [0.15, 0.2) is 9.04 Å². The highest BCUT2D eigenvalue weighted by molar-refractivity contribution is 6.48. The molecule has 0 rings (SSSR count). The zero-order valence-electron chi connectivity index (χ0n) is 11.6. The molecule has 0 radical (unpaired) electrons. The van der Waals surface area contributed by atoms with E-state index in [-0.39, 0.29) is 11.5 Å². The van der Waals surface area contributed by atoms with Crippen molar-refractivity contribution < 1.29 is 4.43 Å². The van der Waals surface area contributed by atoms with Gasteiger partial charge in [0.1, 0.15) is 0 Å². The molecule has 0 fully saturated rings. The molecule has 0 aliphatic rings. The highest BCUT2D eigenvalue weighted by Gasteiger charge is 2.27. The molecule has 0 aliphatic carbocycles. The molecule has 0 N–H and O–H groups in total. The summed E-state index contributed by atoms with van der Waals surface area (Å²) in [5, 5.41) is 8.55. The third-order valence-electron chi connectivity index (χ3n) is 2.49. The molecule has 0 heterocycles. The van der Waals surface area contributed by atoms with Crippen LogP contribution >= 0.6 is 0 Å². The van der Waals surface area contributed by atoms with E-state index in [4.69, 9.17) is 9.69 Å². The van der Waals surface area contributed by atoms with Crippen molar-refractivity contribution in [3.8, 4) is 6.07 Å². The van der Waals surface area contributed by atoms with Crippen molar-refractivity contribution in [2.24, 2.45) is 5.41 Å². The monoisotopic (exact) mass is 242 g/mol. The minimum absolute atomic E-state index is 0.165. The third kappa shape index (κ3) is 6.99. The Balaban J connectivity index is 4.27. The molecular formula is C12H26N2OSi. The lowest BCUT2D eigenvalue weighted by Gasteiger charge is -2.35. The van der Waals surface area contributed by atoms with Crippen LogP contribution in [0.15, 0.2) is 0 Å². The summed E-state index contributed by atoms with van der Waals surface area (Å²) in [6, 6.07) is 2.18. The van der Waals surface area contributed by atoms with Crippen LogP contribution in [0.25, 0.3) is 0 Å². The van der Waals surface area contributed by atoms with E-state index in [1.807, 2.05) is 0 Å². The van der Waals surface area contributed by atoms with E-state index < -0.39 is 9.04 Å². The number of nitriles is 1. The molecular weight excluding hydrogens is 216 g/mol. The maximum atomic E-state index is 8.55. The van der Waals surface area contributed by atoms with E-state index in [0.717, 1.165) is 13.1 Å². The number of likely N-dealkylation sites (N-methyl/N-ethyl adjacent to an activating group) is 1. The minimum atomic E-state index is -1.01. The zero-order chi connectivity index (χ0) is 12.8. The molecule has 4 heteroatoms. The Hall–Kier alpha value is -0.373. The molecule has 1 unspecified atom stereocenters. The van der Waals surface area contributed by atoms with Gasteiger partial charge in [-0.1, -0.05) is 20.8 Å². The largest absolute Gasteiger partial charge is 0.416 e. The average molecular weight is 242 g/mol. The van der Waals surface area contributed by atoms with Crippen molar-refractivity contribution in [3.63, 3.8) is 0 Å². The minimum Gasteiger partial charge on any atom is -0.416 e. The van der Waals surface area contributed by atoms with Gasteiger partial charge >= 0.3 is 0 Å². The van der Waals surface area contributed by atoms with Gasteiger partial charge in [0.25, 0.3) is 0 Å². The van der Waals surface area contributed by atoms with Crippen LogP contribution < -0.4 is 0 Å². The first kappa shape index (κ1) is 15.6. The van der Waals surface area contributed by atoms with Crippen LogP contribution in [0.3, 0.4) is 0 Å². The second-order valence-corrected chi connectivity index (χ2v) is 8.08. The summed E-state index contributed by atoms with van der Waals surface area (Å²) in [6.45, 7) is 12.8. The SMILES string of the molecule is CN(CCC#N)CC(O[SiH](C)C)C(C)(C)C. The highest BCUT2D eigenvalue weighted by Crippen LogP contribution is 2.23. The highest BCUT2D eigenvalue weighted by atomic mass is 28.3. The van der Waals surface area contributed by atoms with Crippen LogP contribution in [0.5, 0.6) is 0 Å². The first-order valence-corrected chi connectivity index (χ1v) is 8.76. The maximum absolute atomic E-state index is 8.55. The van der Waals surface area contributed by atoms with Crippen molar-refractivity contribution in [1.82, 2.24) is 4.90 Å². The predicted molar refractivity (Wildman–Crippen MR) is 70.9 cm³/mol.